The van der Waals surface area contributed by atoms with Crippen LogP contribution in [0.4, 0.5) is 5.69 Å². The molecule has 2 heterocycles. The van der Waals surface area contributed by atoms with E-state index in [0.29, 0.717) is 23.5 Å². The van der Waals surface area contributed by atoms with Gasteiger partial charge in [0, 0.05) is 34.7 Å². The number of nitrogens with one attached hydrogen (secondary N) is 1. The number of para-hydroxylation sites is 1. The lowest BCUT2D eigenvalue weighted by Crippen LogP contribution is -2.48. The first-order valence-corrected chi connectivity index (χ1v) is 9.61. The molecule has 4 rings (SSSR count). The number of pyridine rings is 1. The van der Waals surface area contributed by atoms with Crippen molar-refractivity contribution in [1.29, 1.82) is 5.41 Å². The average Bonchev–Trinajstić information content (AvgIpc) is 2.79. The normalized spacial score (nSPS) is 17.2. The Morgan fingerprint density at radius 2 is 2.07 bits per heavy atom. The highest BCUT2D eigenvalue weighted by Crippen LogP contribution is 2.29. The Labute approximate surface area is 174 Å². The Kier molecular flexibility index (Phi) is 5.72. The zero-order valence-electron chi connectivity index (χ0n) is 16.3. The Hall–Kier alpha value is -3.71. The summed E-state index contributed by atoms with van der Waals surface area (Å²) in [6.07, 6.45) is 4.13. The maximum Gasteiger partial charge on any atom is 0.253 e. The summed E-state index contributed by atoms with van der Waals surface area (Å²) in [5, 5.41) is 8.09. The highest BCUT2D eigenvalue weighted by atomic mass is 16.5. The number of morpholine rings is 1. The lowest BCUT2D eigenvalue weighted by atomic mass is 10.0. The minimum absolute atomic E-state index is 0.0197. The molecule has 1 atom stereocenters. The zero-order valence-corrected chi connectivity index (χ0v) is 16.3. The molecule has 30 heavy (non-hydrogen) atoms. The molecule has 152 valence electrons. The first-order valence-electron chi connectivity index (χ1n) is 9.61. The quantitative estimate of drug-likeness (QED) is 0.617. The van der Waals surface area contributed by atoms with Crippen molar-refractivity contribution in [2.45, 2.75) is 6.10 Å². The zero-order chi connectivity index (χ0) is 20.9. The van der Waals surface area contributed by atoms with E-state index >= 15 is 0 Å². The van der Waals surface area contributed by atoms with E-state index in [2.05, 4.69) is 4.98 Å². The van der Waals surface area contributed by atoms with Gasteiger partial charge in [-0.3, -0.25) is 9.78 Å². The molecule has 0 spiro atoms. The lowest BCUT2D eigenvalue weighted by Gasteiger charge is -2.32. The van der Waals surface area contributed by atoms with E-state index in [9.17, 15) is 4.79 Å². The summed E-state index contributed by atoms with van der Waals surface area (Å²) in [5.41, 5.74) is 8.89. The molecule has 0 radical (unpaired) electrons. The number of aromatic nitrogens is 1. The van der Waals surface area contributed by atoms with Crippen molar-refractivity contribution in [3.05, 3.63) is 72.4 Å². The first kappa shape index (κ1) is 19.6. The van der Waals surface area contributed by atoms with E-state index in [1.807, 2.05) is 54.6 Å². The fourth-order valence-corrected chi connectivity index (χ4v) is 3.46. The number of fused-ring (bicyclic) bond motifs is 1. The van der Waals surface area contributed by atoms with E-state index < -0.39 is 0 Å². The van der Waals surface area contributed by atoms with Gasteiger partial charge in [-0.2, -0.15) is 0 Å². The molecule has 1 aromatic heterocycles. The highest BCUT2D eigenvalue weighted by molar-refractivity contribution is 5.97. The van der Waals surface area contributed by atoms with Crippen LogP contribution in [0.1, 0.15) is 5.56 Å². The molecule has 1 amide bonds. The molecule has 1 saturated heterocycles. The molecule has 7 heteroatoms. The minimum atomic E-state index is -0.260. The molecule has 3 N–H and O–H groups in total. The van der Waals surface area contributed by atoms with Crippen LogP contribution in [0, 0.1) is 5.41 Å². The third-order valence-corrected chi connectivity index (χ3v) is 4.93. The molecule has 3 aromatic rings. The minimum Gasteiger partial charge on any atom is -0.489 e. The maximum absolute atomic E-state index is 12.3. The predicted molar refractivity (Wildman–Crippen MR) is 117 cm³/mol. The van der Waals surface area contributed by atoms with Crippen LogP contribution in [0.3, 0.4) is 0 Å². The van der Waals surface area contributed by atoms with Gasteiger partial charge < -0.3 is 25.5 Å². The summed E-state index contributed by atoms with van der Waals surface area (Å²) in [4.78, 5) is 18.4. The van der Waals surface area contributed by atoms with Crippen molar-refractivity contribution in [2.75, 3.05) is 24.7 Å². The van der Waals surface area contributed by atoms with Crippen molar-refractivity contribution < 1.29 is 14.3 Å². The van der Waals surface area contributed by atoms with Crippen LogP contribution in [0.2, 0.25) is 0 Å². The van der Waals surface area contributed by atoms with Gasteiger partial charge in [-0.15, -0.1) is 0 Å². The number of rotatable bonds is 6. The number of ether oxygens (including phenoxy) is 2. The first-order chi connectivity index (χ1) is 14.7. The van der Waals surface area contributed by atoms with Gasteiger partial charge in [-0.25, -0.2) is 0 Å². The molecular formula is C23H22N4O3. The second-order valence-electron chi connectivity index (χ2n) is 6.88. The van der Waals surface area contributed by atoms with Gasteiger partial charge in [0.25, 0.3) is 5.91 Å². The number of allylic oxidation sites excluding steroid dienone is 1. The van der Waals surface area contributed by atoms with E-state index in [1.165, 1.54) is 6.08 Å². The predicted octanol–water partition coefficient (Wildman–Crippen LogP) is 2.99. The van der Waals surface area contributed by atoms with Crippen LogP contribution in [0.5, 0.6) is 5.75 Å². The topological polar surface area (TPSA) is 102 Å². The molecule has 0 saturated carbocycles. The largest absolute Gasteiger partial charge is 0.489 e. The smallest absolute Gasteiger partial charge is 0.253 e. The molecule has 0 bridgehead atoms. The highest BCUT2D eigenvalue weighted by Gasteiger charge is 2.28. The lowest BCUT2D eigenvalue weighted by molar-refractivity contribution is -0.130. The molecule has 1 aliphatic heterocycles. The number of hydrogen-bond donors (Lipinski definition) is 2. The van der Waals surface area contributed by atoms with E-state index in [0.717, 1.165) is 22.9 Å². The van der Waals surface area contributed by atoms with Crippen molar-refractivity contribution in [3.63, 3.8) is 0 Å². The van der Waals surface area contributed by atoms with Gasteiger partial charge in [0.15, 0.2) is 0 Å². The number of benzene rings is 2. The van der Waals surface area contributed by atoms with Crippen LogP contribution < -0.4 is 15.4 Å². The fourth-order valence-electron chi connectivity index (χ4n) is 3.46. The molecular weight excluding hydrogens is 380 g/mol. The van der Waals surface area contributed by atoms with Crippen molar-refractivity contribution in [2.24, 2.45) is 5.73 Å². The summed E-state index contributed by atoms with van der Waals surface area (Å²) < 4.78 is 11.7. The van der Waals surface area contributed by atoms with Crippen LogP contribution in [-0.4, -0.2) is 43.0 Å². The monoisotopic (exact) mass is 402 g/mol. The molecule has 7 nitrogen and oxygen atoms in total. The second-order valence-corrected chi connectivity index (χ2v) is 6.88. The van der Waals surface area contributed by atoms with Crippen LogP contribution in [0.25, 0.3) is 16.6 Å². The summed E-state index contributed by atoms with van der Waals surface area (Å²) in [6, 6.07) is 17.0. The summed E-state index contributed by atoms with van der Waals surface area (Å²) in [7, 11) is 0. The number of hydrogen-bond acceptors (Lipinski definition) is 6. The summed E-state index contributed by atoms with van der Waals surface area (Å²) in [5.74, 6) is 0.547. The molecule has 2 aromatic carbocycles. The van der Waals surface area contributed by atoms with Crippen LogP contribution in [-0.2, 0) is 9.53 Å². The van der Waals surface area contributed by atoms with E-state index in [4.69, 9.17) is 20.6 Å². The van der Waals surface area contributed by atoms with Gasteiger partial charge in [0.05, 0.1) is 6.54 Å². The molecule has 0 unspecified atom stereocenters. The average molecular weight is 402 g/mol. The van der Waals surface area contributed by atoms with Crippen LogP contribution in [0.15, 0.2) is 66.9 Å². The van der Waals surface area contributed by atoms with Crippen LogP contribution >= 0.6 is 0 Å². The van der Waals surface area contributed by atoms with E-state index in [1.54, 1.807) is 11.1 Å². The number of carbonyl (C=O) groups excluding carboxylic acids is 1. The Balaban J connectivity index is 1.53. The molecule has 0 aliphatic carbocycles. The SMILES string of the molecule is N=CC=C(N)c1ccc(OC[C@@H]2CN(c3ccccc3)C(=O)CO2)c2ncccc12. The third kappa shape index (κ3) is 4.01. The van der Waals surface area contributed by atoms with Gasteiger partial charge in [-0.1, -0.05) is 24.3 Å². The molecule has 1 aliphatic rings. The fraction of sp³-hybridized carbons (Fsp3) is 0.174. The number of amides is 1. The Morgan fingerprint density at radius 1 is 1.23 bits per heavy atom. The van der Waals surface area contributed by atoms with Crippen molar-refractivity contribution in [1.82, 2.24) is 4.98 Å². The number of anilines is 1. The van der Waals surface area contributed by atoms with Gasteiger partial charge >= 0.3 is 0 Å². The van der Waals surface area contributed by atoms with E-state index in [-0.39, 0.29) is 25.2 Å². The molecule has 1 fully saturated rings. The second kappa shape index (κ2) is 8.75. The Morgan fingerprint density at radius 3 is 2.87 bits per heavy atom. The maximum atomic E-state index is 12.3. The Bertz CT molecular complexity index is 1100. The van der Waals surface area contributed by atoms with Gasteiger partial charge in [0.1, 0.15) is 30.6 Å². The summed E-state index contributed by atoms with van der Waals surface area (Å²) in [6.45, 7) is 0.723. The standard InChI is InChI=1S/C23H22N4O3/c24-11-10-20(25)18-8-9-21(23-19(18)7-4-12-26-23)30-14-17-13-27(22(28)15-29-17)16-5-2-1-3-6-16/h1-12,17,24H,13-15,25H2/t17-/m0/s1. The number of nitrogens with two attached hydrogens (primary N) is 1. The third-order valence-electron chi connectivity index (χ3n) is 4.93. The van der Waals surface area contributed by atoms with Gasteiger partial charge in [-0.05, 0) is 36.4 Å². The summed E-state index contributed by atoms with van der Waals surface area (Å²) >= 11 is 0. The number of carbonyl (C=O) groups is 1. The number of nitrogens with zero attached hydrogens (tertiary/aromatic N) is 2. The van der Waals surface area contributed by atoms with Crippen molar-refractivity contribution >= 4 is 34.4 Å². The van der Waals surface area contributed by atoms with Gasteiger partial charge in [0.2, 0.25) is 0 Å². The van der Waals surface area contributed by atoms with Crippen molar-refractivity contribution in [3.8, 4) is 5.75 Å².